The van der Waals surface area contributed by atoms with Crippen LogP contribution >= 0.6 is 0 Å². The van der Waals surface area contributed by atoms with Gasteiger partial charge in [-0.05, 0) is 74.6 Å². The molecule has 1 aliphatic heterocycles. The van der Waals surface area contributed by atoms with E-state index in [2.05, 4.69) is 22.3 Å². The van der Waals surface area contributed by atoms with E-state index in [-0.39, 0.29) is 68.2 Å². The molecule has 0 radical (unpaired) electrons. The molecule has 5 amide bonds. The van der Waals surface area contributed by atoms with Crippen molar-refractivity contribution in [2.45, 2.75) is 70.2 Å². The van der Waals surface area contributed by atoms with Crippen LogP contribution in [-0.4, -0.2) is 102 Å². The second kappa shape index (κ2) is 13.3. The number of imide groups is 1. The van der Waals surface area contributed by atoms with Gasteiger partial charge in [-0.25, -0.2) is 22.7 Å². The molecule has 0 bridgehead atoms. The Hall–Kier alpha value is -1.24. The molecule has 9 nitrogen and oxygen atoms in total. The first-order chi connectivity index (χ1) is 16.1. The number of nitrogens with one attached hydrogen (secondary N) is 3. The van der Waals surface area contributed by atoms with Crippen LogP contribution in [0.4, 0.5) is 9.59 Å². The van der Waals surface area contributed by atoms with Crippen molar-refractivity contribution in [3.63, 3.8) is 0 Å². The molecule has 35 heavy (non-hydrogen) atoms. The normalized spacial score (nSPS) is 20.3. The predicted octanol–water partition coefficient (Wildman–Crippen LogP) is 2.43. The third-order valence-electron chi connectivity index (χ3n) is 6.51. The summed E-state index contributed by atoms with van der Waals surface area (Å²) in [4.78, 5) is 38.0. The molecule has 1 aromatic rings. The molecule has 0 unspecified atom stereocenters. The monoisotopic (exact) mass is 530 g/mol. The number of nitrogens with zero attached hydrogens (tertiary/aromatic N) is 1. The minimum atomic E-state index is -3.98. The van der Waals surface area contributed by atoms with Crippen molar-refractivity contribution in [3.8, 4) is 0 Å². The Labute approximate surface area is 250 Å². The number of urea groups is 2. The van der Waals surface area contributed by atoms with Gasteiger partial charge in [0.2, 0.25) is 0 Å². The zero-order chi connectivity index (χ0) is 24.9. The summed E-state index contributed by atoms with van der Waals surface area (Å²) in [6.45, 7) is 6.53. The number of benzene rings is 1. The molecule has 1 aliphatic carbocycles. The summed E-state index contributed by atoms with van der Waals surface area (Å²) in [6.07, 6.45) is 4.80. The molecule has 2 aliphatic rings. The standard InChI is InChI=1S/C24H34N4O5S.K.H/c1-4-21-17(3)15-28(22(21)29)24(31)25-14-13-18-7-11-20(12-8-18)34(32,33)27-23(30)26-19-9-5-16(2)6-10-19;;/h7-8,11-12,16,19H,4-6,9-10,13-15H2,1-3H3,(H,25,31)(H2,26,27,30);;. The molecule has 1 saturated carbocycles. The van der Waals surface area contributed by atoms with Gasteiger partial charge in [0.15, 0.2) is 0 Å². The van der Waals surface area contributed by atoms with Crippen molar-refractivity contribution in [1.82, 2.24) is 20.3 Å². The fourth-order valence-corrected chi connectivity index (χ4v) is 5.33. The molecule has 3 rings (SSSR count). The van der Waals surface area contributed by atoms with E-state index >= 15 is 0 Å². The number of carbonyl (C=O) groups is 3. The van der Waals surface area contributed by atoms with E-state index in [0.29, 0.717) is 37.4 Å². The van der Waals surface area contributed by atoms with Crippen LogP contribution in [0.25, 0.3) is 0 Å². The van der Waals surface area contributed by atoms with Crippen LogP contribution in [0.15, 0.2) is 40.3 Å². The molecule has 0 saturated heterocycles. The van der Waals surface area contributed by atoms with Gasteiger partial charge in [0.1, 0.15) is 0 Å². The van der Waals surface area contributed by atoms with Crippen molar-refractivity contribution >= 4 is 79.4 Å². The molecule has 188 valence electrons. The number of rotatable bonds is 7. The Kier molecular flexibility index (Phi) is 11.4. The van der Waals surface area contributed by atoms with Gasteiger partial charge in [0, 0.05) is 18.2 Å². The fraction of sp³-hybridized carbons (Fsp3) is 0.542. The van der Waals surface area contributed by atoms with Gasteiger partial charge in [-0.3, -0.25) is 9.69 Å². The minimum absolute atomic E-state index is 0. The molecular weight excluding hydrogens is 495 g/mol. The van der Waals surface area contributed by atoms with Crippen LogP contribution in [0.1, 0.15) is 58.4 Å². The van der Waals surface area contributed by atoms with Crippen LogP contribution in [-0.2, 0) is 21.2 Å². The van der Waals surface area contributed by atoms with E-state index in [4.69, 9.17) is 0 Å². The third kappa shape index (κ3) is 8.12. The predicted molar refractivity (Wildman–Crippen MR) is 136 cm³/mol. The van der Waals surface area contributed by atoms with Crippen LogP contribution in [0.5, 0.6) is 0 Å². The Morgan fingerprint density at radius 2 is 1.71 bits per heavy atom. The number of hydrogen-bond donors (Lipinski definition) is 3. The Bertz CT molecular complexity index is 1060. The summed E-state index contributed by atoms with van der Waals surface area (Å²) >= 11 is 0. The number of amides is 5. The zero-order valence-corrected chi connectivity index (χ0v) is 20.8. The topological polar surface area (TPSA) is 125 Å². The van der Waals surface area contributed by atoms with Gasteiger partial charge >= 0.3 is 63.4 Å². The molecule has 0 atom stereocenters. The average molecular weight is 531 g/mol. The van der Waals surface area contributed by atoms with Crippen molar-refractivity contribution < 1.29 is 22.8 Å². The van der Waals surface area contributed by atoms with E-state index < -0.39 is 22.1 Å². The molecule has 0 aromatic heterocycles. The van der Waals surface area contributed by atoms with E-state index in [1.165, 1.54) is 17.0 Å². The number of hydrogen-bond acceptors (Lipinski definition) is 5. The Morgan fingerprint density at radius 3 is 2.29 bits per heavy atom. The van der Waals surface area contributed by atoms with Crippen LogP contribution < -0.4 is 15.4 Å². The Morgan fingerprint density at radius 1 is 1.09 bits per heavy atom. The molecule has 11 heteroatoms. The van der Waals surface area contributed by atoms with Crippen LogP contribution in [0, 0.1) is 5.92 Å². The van der Waals surface area contributed by atoms with E-state index in [1.807, 2.05) is 13.8 Å². The van der Waals surface area contributed by atoms with Gasteiger partial charge in [-0.2, -0.15) is 0 Å². The summed E-state index contributed by atoms with van der Waals surface area (Å²) in [6, 6.07) is 4.99. The zero-order valence-electron chi connectivity index (χ0n) is 20.0. The summed E-state index contributed by atoms with van der Waals surface area (Å²) in [5, 5.41) is 5.49. The van der Waals surface area contributed by atoms with Gasteiger partial charge in [0.25, 0.3) is 15.9 Å². The van der Waals surface area contributed by atoms with E-state index in [9.17, 15) is 22.8 Å². The first-order valence-corrected chi connectivity index (χ1v) is 13.3. The molecule has 0 spiro atoms. The summed E-state index contributed by atoms with van der Waals surface area (Å²) in [7, 11) is -3.98. The summed E-state index contributed by atoms with van der Waals surface area (Å²) < 4.78 is 27.2. The molecule has 1 heterocycles. The second-order valence-electron chi connectivity index (χ2n) is 9.17. The van der Waals surface area contributed by atoms with Gasteiger partial charge < -0.3 is 10.6 Å². The van der Waals surface area contributed by atoms with E-state index in [0.717, 1.165) is 36.8 Å². The fourth-order valence-electron chi connectivity index (χ4n) is 4.41. The Balaban J connectivity index is 0.00000432. The summed E-state index contributed by atoms with van der Waals surface area (Å²) in [5.74, 6) is 0.385. The molecule has 1 fully saturated rings. The van der Waals surface area contributed by atoms with Gasteiger partial charge in [-0.1, -0.05) is 26.0 Å². The molecule has 1 aromatic carbocycles. The van der Waals surface area contributed by atoms with Crippen molar-refractivity contribution in [2.75, 3.05) is 13.1 Å². The first-order valence-electron chi connectivity index (χ1n) is 11.8. The molecule has 3 N–H and O–H groups in total. The SMILES string of the molecule is CCC1=C(C)CN(C(=O)NCCc2ccc(S(=O)(=O)NC(=O)NC3CCC(C)CC3)cc2)C1=O.[KH]. The van der Waals surface area contributed by atoms with Crippen molar-refractivity contribution in [2.24, 2.45) is 5.92 Å². The van der Waals surface area contributed by atoms with Crippen LogP contribution in [0.2, 0.25) is 0 Å². The average Bonchev–Trinajstić information content (AvgIpc) is 3.08. The van der Waals surface area contributed by atoms with Crippen molar-refractivity contribution in [1.29, 1.82) is 0 Å². The van der Waals surface area contributed by atoms with Gasteiger partial charge in [0.05, 0.1) is 11.4 Å². The maximum absolute atomic E-state index is 12.5. The number of sulfonamides is 1. The van der Waals surface area contributed by atoms with Crippen molar-refractivity contribution in [3.05, 3.63) is 41.0 Å². The van der Waals surface area contributed by atoms with E-state index in [1.54, 1.807) is 12.1 Å². The first kappa shape index (κ1) is 30.0. The number of carbonyl (C=O) groups excluding carboxylic acids is 3. The van der Waals surface area contributed by atoms with Gasteiger partial charge in [-0.15, -0.1) is 0 Å². The third-order valence-corrected chi connectivity index (χ3v) is 7.86. The second-order valence-corrected chi connectivity index (χ2v) is 10.8. The van der Waals surface area contributed by atoms with Crippen LogP contribution in [0.3, 0.4) is 0 Å². The quantitative estimate of drug-likeness (QED) is 0.467. The molecular formula is C24H35KN4O5S. The summed E-state index contributed by atoms with van der Waals surface area (Å²) in [5.41, 5.74) is 2.41. The maximum atomic E-state index is 12.5.